The molecule has 14 heteroatoms. The first-order valence-electron chi connectivity index (χ1n) is 12.8. The van der Waals surface area contributed by atoms with Crippen molar-refractivity contribution in [3.8, 4) is 17.0 Å². The Balaban J connectivity index is 0.00000506. The van der Waals surface area contributed by atoms with Crippen LogP contribution in [0.2, 0.25) is 0 Å². The maximum absolute atomic E-state index is 11.3. The fourth-order valence-corrected chi connectivity index (χ4v) is 5.25. The number of aromatic nitrogens is 1. The third-order valence-corrected chi connectivity index (χ3v) is 7.77. The van der Waals surface area contributed by atoms with Crippen LogP contribution in [0.1, 0.15) is 10.6 Å². The lowest BCUT2D eigenvalue weighted by Crippen LogP contribution is -2.32. The van der Waals surface area contributed by atoms with Gasteiger partial charge < -0.3 is 9.64 Å². The van der Waals surface area contributed by atoms with Gasteiger partial charge in [0.25, 0.3) is 20.2 Å². The molecular formula is C29H32ClN3O7S3. The molecular weight excluding hydrogens is 634 g/mol. The predicted molar refractivity (Wildman–Crippen MR) is 173 cm³/mol. The van der Waals surface area contributed by atoms with E-state index in [9.17, 15) is 16.8 Å². The number of anilines is 1. The van der Waals surface area contributed by atoms with Crippen molar-refractivity contribution in [2.75, 3.05) is 43.7 Å². The van der Waals surface area contributed by atoms with Crippen LogP contribution in [0, 0.1) is 0 Å². The summed E-state index contributed by atoms with van der Waals surface area (Å²) in [5, 5.41) is 2.90. The molecule has 0 unspecified atom stereocenters. The topological polar surface area (TPSA) is 124 Å². The first-order chi connectivity index (χ1) is 20.0. The molecule has 0 N–H and O–H groups in total. The number of ether oxygens (including phenoxy) is 1. The maximum Gasteiger partial charge on any atom is 0.264 e. The van der Waals surface area contributed by atoms with Crippen LogP contribution in [0.4, 0.5) is 11.4 Å². The molecule has 0 fully saturated rings. The van der Waals surface area contributed by atoms with E-state index in [2.05, 4.69) is 9.98 Å². The lowest BCUT2D eigenvalue weighted by molar-refractivity contribution is 0.305. The summed E-state index contributed by atoms with van der Waals surface area (Å²) in [6.07, 6.45) is 3.69. The Hall–Kier alpha value is -3.33. The van der Waals surface area contributed by atoms with E-state index in [1.165, 1.54) is 0 Å². The van der Waals surface area contributed by atoms with Crippen molar-refractivity contribution in [3.63, 3.8) is 0 Å². The zero-order chi connectivity index (χ0) is 30.0. The molecule has 1 aromatic heterocycles. The van der Waals surface area contributed by atoms with Crippen molar-refractivity contribution < 1.29 is 29.9 Å². The summed E-state index contributed by atoms with van der Waals surface area (Å²) in [6.45, 7) is 0.693. The lowest BCUT2D eigenvalue weighted by atomic mass is 10.1. The highest BCUT2D eigenvalue weighted by atomic mass is 35.5. The third kappa shape index (κ3) is 12.1. The molecule has 0 amide bonds. The molecule has 3 aromatic carbocycles. The third-order valence-electron chi connectivity index (χ3n) is 5.76. The summed E-state index contributed by atoms with van der Waals surface area (Å²) in [6, 6.07) is 24.8. The van der Waals surface area contributed by atoms with Gasteiger partial charge in [-0.2, -0.15) is 16.8 Å². The van der Waals surface area contributed by atoms with Crippen LogP contribution >= 0.6 is 23.7 Å². The van der Waals surface area contributed by atoms with E-state index >= 15 is 0 Å². The van der Waals surface area contributed by atoms with Gasteiger partial charge in [0.2, 0.25) is 0 Å². The number of para-hydroxylation sites is 1. The quantitative estimate of drug-likeness (QED) is 0.123. The molecule has 0 aliphatic rings. The van der Waals surface area contributed by atoms with Crippen LogP contribution in [0.3, 0.4) is 0 Å². The molecule has 0 atom stereocenters. The number of nitrogens with zero attached hydrogens (tertiary/aromatic N) is 3. The molecule has 0 aliphatic carbocycles. The van der Waals surface area contributed by atoms with Crippen LogP contribution in [-0.4, -0.2) is 66.8 Å². The minimum atomic E-state index is -3.60. The van der Waals surface area contributed by atoms with Crippen molar-refractivity contribution in [1.29, 1.82) is 0 Å². The number of benzene rings is 3. The standard InChI is InChI=1S/C29H31N3O7S3.ClH/c1-41(33,34)38-18-16-32(17-19-39-42(2,35)36)26-14-8-23(9-15-26)20-30-25-12-10-24(11-13-25)28-22-40-29(31-28)21-37-27-6-4-3-5-7-27;/h3-15,20,22H,16-19,21H2,1-2H3;1H. The van der Waals surface area contributed by atoms with E-state index in [0.29, 0.717) is 6.61 Å². The van der Waals surface area contributed by atoms with Crippen molar-refractivity contribution in [1.82, 2.24) is 4.98 Å². The first kappa shape index (κ1) is 34.2. The maximum atomic E-state index is 11.3. The Morgan fingerprint density at radius 1 is 0.837 bits per heavy atom. The second-order valence-electron chi connectivity index (χ2n) is 9.16. The average molecular weight is 666 g/mol. The van der Waals surface area contributed by atoms with E-state index < -0.39 is 20.2 Å². The van der Waals surface area contributed by atoms with Gasteiger partial charge in [0.05, 0.1) is 37.1 Å². The summed E-state index contributed by atoms with van der Waals surface area (Å²) < 4.78 is 60.8. The zero-order valence-corrected chi connectivity index (χ0v) is 26.8. The molecule has 0 bridgehead atoms. The molecule has 0 saturated carbocycles. The van der Waals surface area contributed by atoms with Crippen LogP contribution < -0.4 is 9.64 Å². The Morgan fingerprint density at radius 3 is 2.02 bits per heavy atom. The summed E-state index contributed by atoms with van der Waals surface area (Å²) in [5.41, 5.74) is 4.25. The summed E-state index contributed by atoms with van der Waals surface area (Å²) in [7, 11) is -7.19. The van der Waals surface area contributed by atoms with Gasteiger partial charge >= 0.3 is 0 Å². The Labute approximate surface area is 262 Å². The van der Waals surface area contributed by atoms with Crippen molar-refractivity contribution in [2.24, 2.45) is 4.99 Å². The van der Waals surface area contributed by atoms with Gasteiger partial charge in [-0.15, -0.1) is 23.7 Å². The Kier molecular flexibility index (Phi) is 12.7. The number of halogens is 1. The molecule has 10 nitrogen and oxygen atoms in total. The summed E-state index contributed by atoms with van der Waals surface area (Å²) in [5.74, 6) is 0.807. The molecule has 1 heterocycles. The van der Waals surface area contributed by atoms with Gasteiger partial charge in [-0.05, 0) is 42.0 Å². The van der Waals surface area contributed by atoms with Gasteiger partial charge in [-0.3, -0.25) is 13.4 Å². The largest absolute Gasteiger partial charge is 0.486 e. The highest BCUT2D eigenvalue weighted by Gasteiger charge is 2.11. The minimum Gasteiger partial charge on any atom is -0.486 e. The molecule has 0 aliphatic heterocycles. The Bertz CT molecular complexity index is 1640. The molecule has 0 saturated heterocycles. The van der Waals surface area contributed by atoms with Gasteiger partial charge in [0.15, 0.2) is 0 Å². The normalized spacial score (nSPS) is 11.8. The number of hydrogen-bond donors (Lipinski definition) is 0. The van der Waals surface area contributed by atoms with Crippen LogP contribution in [-0.2, 0) is 35.2 Å². The molecule has 0 radical (unpaired) electrons. The minimum absolute atomic E-state index is 0. The number of hydrogen-bond acceptors (Lipinski definition) is 11. The van der Waals surface area contributed by atoms with Crippen LogP contribution in [0.5, 0.6) is 5.75 Å². The van der Waals surface area contributed by atoms with E-state index in [-0.39, 0.29) is 38.7 Å². The SMILES string of the molecule is CS(=O)(=O)OCCN(CCOS(C)(=O)=O)c1ccc(C=Nc2ccc(-c3csc(COc4ccccc4)n3)cc2)cc1.Cl. The molecule has 0 spiro atoms. The fraction of sp³-hybridized carbons (Fsp3) is 0.241. The van der Waals surface area contributed by atoms with Crippen LogP contribution in [0.25, 0.3) is 11.3 Å². The van der Waals surface area contributed by atoms with E-state index in [0.717, 1.165) is 51.5 Å². The van der Waals surface area contributed by atoms with E-state index in [4.69, 9.17) is 13.1 Å². The second-order valence-corrected chi connectivity index (χ2v) is 13.4. The highest BCUT2D eigenvalue weighted by molar-refractivity contribution is 7.86. The molecule has 43 heavy (non-hydrogen) atoms. The Morgan fingerprint density at radius 2 is 1.44 bits per heavy atom. The predicted octanol–water partition coefficient (Wildman–Crippen LogP) is 5.32. The number of thiazole rings is 1. The lowest BCUT2D eigenvalue weighted by Gasteiger charge is -2.24. The van der Waals surface area contributed by atoms with Crippen molar-refractivity contribution >= 4 is 61.6 Å². The smallest absolute Gasteiger partial charge is 0.264 e. The van der Waals surface area contributed by atoms with Crippen molar-refractivity contribution in [3.05, 3.63) is 94.8 Å². The van der Waals surface area contributed by atoms with Gasteiger partial charge in [-0.25, -0.2) is 4.98 Å². The summed E-state index contributed by atoms with van der Waals surface area (Å²) >= 11 is 1.55. The number of rotatable bonds is 15. The summed E-state index contributed by atoms with van der Waals surface area (Å²) in [4.78, 5) is 11.0. The fourth-order valence-electron chi connectivity index (χ4n) is 3.78. The van der Waals surface area contributed by atoms with Gasteiger partial charge in [0, 0.05) is 35.9 Å². The first-order valence-corrected chi connectivity index (χ1v) is 17.4. The zero-order valence-electron chi connectivity index (χ0n) is 23.5. The molecule has 230 valence electrons. The molecule has 4 rings (SSSR count). The molecule has 4 aromatic rings. The van der Waals surface area contributed by atoms with E-state index in [1.807, 2.05) is 84.2 Å². The van der Waals surface area contributed by atoms with Crippen molar-refractivity contribution in [2.45, 2.75) is 6.61 Å². The van der Waals surface area contributed by atoms with Gasteiger partial charge in [0.1, 0.15) is 17.4 Å². The number of aliphatic imine (C=N–C) groups is 1. The van der Waals surface area contributed by atoms with E-state index in [1.54, 1.807) is 22.5 Å². The van der Waals surface area contributed by atoms with Gasteiger partial charge in [-0.1, -0.05) is 42.5 Å². The highest BCUT2D eigenvalue weighted by Crippen LogP contribution is 2.25. The second kappa shape index (κ2) is 15.9. The monoisotopic (exact) mass is 665 g/mol. The average Bonchev–Trinajstić information content (AvgIpc) is 3.43. The van der Waals surface area contributed by atoms with Crippen LogP contribution in [0.15, 0.2) is 89.2 Å².